The number of hydrogen-bond donors (Lipinski definition) is 0. The minimum absolute atomic E-state index is 0.542. The van der Waals surface area contributed by atoms with E-state index in [9.17, 15) is 0 Å². The zero-order valence-corrected chi connectivity index (χ0v) is 14.0. The summed E-state index contributed by atoms with van der Waals surface area (Å²) in [4.78, 5) is 11.5. The second-order valence-electron chi connectivity index (χ2n) is 6.01. The van der Waals surface area contributed by atoms with Crippen LogP contribution >= 0.6 is 0 Å². The number of rotatable bonds is 8. The van der Waals surface area contributed by atoms with Crippen LogP contribution in [0.1, 0.15) is 33.3 Å². The fraction of sp³-hybridized carbons (Fsp3) is 0.300. The minimum atomic E-state index is -0.611. The van der Waals surface area contributed by atoms with Gasteiger partial charge < -0.3 is 0 Å². The van der Waals surface area contributed by atoms with Crippen molar-refractivity contribution >= 4 is 0 Å². The van der Waals surface area contributed by atoms with Crippen LogP contribution in [-0.2, 0) is 15.4 Å². The molecule has 0 radical (unpaired) electrons. The molecule has 0 aliphatic carbocycles. The summed E-state index contributed by atoms with van der Waals surface area (Å²) in [6, 6.07) is 10.0. The molecular weight excluding hydrogens is 272 g/mol. The molecule has 0 heterocycles. The summed E-state index contributed by atoms with van der Waals surface area (Å²) in [5.74, 6) is 0. The Labute approximate surface area is 134 Å². The highest BCUT2D eigenvalue weighted by Gasteiger charge is 2.29. The van der Waals surface area contributed by atoms with E-state index in [2.05, 4.69) is 13.2 Å². The van der Waals surface area contributed by atoms with Gasteiger partial charge in [-0.1, -0.05) is 73.9 Å². The molecule has 1 rings (SSSR count). The van der Waals surface area contributed by atoms with E-state index >= 15 is 0 Å². The molecule has 0 amide bonds. The molecule has 0 unspecified atom stereocenters. The molecule has 2 heteroatoms. The summed E-state index contributed by atoms with van der Waals surface area (Å²) in [5, 5.41) is 0. The maximum absolute atomic E-state index is 5.76. The number of allylic oxidation sites excluding steroid dienone is 4. The van der Waals surface area contributed by atoms with Crippen LogP contribution in [0.4, 0.5) is 0 Å². The fourth-order valence-electron chi connectivity index (χ4n) is 1.90. The SMILES string of the molecule is C=C/C=C\C(=C/C=C)C(C)(C)OOC(C)(C)c1ccccc1. The Kier molecular flexibility index (Phi) is 6.54. The standard InChI is InChI=1S/C20H26O2/c1-7-9-14-17(13-8-2)19(3,4)21-22-20(5,6)18-15-11-10-12-16-18/h7-16H,1-2H2,3-6H3/b14-9-,17-13+. The van der Waals surface area contributed by atoms with Crippen molar-refractivity contribution in [3.05, 3.63) is 85.0 Å². The molecular formula is C20H26O2. The van der Waals surface area contributed by atoms with Gasteiger partial charge in [-0.3, -0.25) is 0 Å². The van der Waals surface area contributed by atoms with E-state index in [1.54, 1.807) is 12.2 Å². The molecule has 22 heavy (non-hydrogen) atoms. The predicted molar refractivity (Wildman–Crippen MR) is 93.3 cm³/mol. The van der Waals surface area contributed by atoms with E-state index in [0.717, 1.165) is 11.1 Å². The Morgan fingerprint density at radius 3 is 2.14 bits per heavy atom. The van der Waals surface area contributed by atoms with Crippen molar-refractivity contribution in [2.75, 3.05) is 0 Å². The van der Waals surface area contributed by atoms with Crippen LogP contribution in [0, 0.1) is 0 Å². The first-order chi connectivity index (χ1) is 10.3. The van der Waals surface area contributed by atoms with Gasteiger partial charge in [0.2, 0.25) is 0 Å². The van der Waals surface area contributed by atoms with E-state index in [0.29, 0.717) is 0 Å². The molecule has 0 aliphatic heterocycles. The Morgan fingerprint density at radius 1 is 0.955 bits per heavy atom. The molecule has 0 N–H and O–H groups in total. The number of benzene rings is 1. The summed E-state index contributed by atoms with van der Waals surface area (Å²) in [6.07, 6.45) is 9.16. The van der Waals surface area contributed by atoms with Gasteiger partial charge in [0.05, 0.1) is 0 Å². The van der Waals surface area contributed by atoms with Crippen molar-refractivity contribution in [2.24, 2.45) is 0 Å². The van der Waals surface area contributed by atoms with E-state index in [1.807, 2.05) is 76.3 Å². The Hall–Kier alpha value is -1.90. The minimum Gasteiger partial charge on any atom is -0.225 e. The normalized spacial score (nSPS) is 13.4. The van der Waals surface area contributed by atoms with Crippen LogP contribution in [0.5, 0.6) is 0 Å². The van der Waals surface area contributed by atoms with Crippen LogP contribution in [0.2, 0.25) is 0 Å². The molecule has 0 atom stereocenters. The van der Waals surface area contributed by atoms with Crippen LogP contribution in [0.3, 0.4) is 0 Å². The highest BCUT2D eigenvalue weighted by molar-refractivity contribution is 5.32. The molecule has 0 aliphatic rings. The zero-order chi connectivity index (χ0) is 16.6. The van der Waals surface area contributed by atoms with Gasteiger partial charge in [-0.05, 0) is 38.8 Å². The molecule has 0 saturated heterocycles. The third-order valence-corrected chi connectivity index (χ3v) is 3.33. The lowest BCUT2D eigenvalue weighted by molar-refractivity contribution is -0.396. The molecule has 1 aromatic rings. The van der Waals surface area contributed by atoms with Gasteiger partial charge in [0, 0.05) is 0 Å². The Bertz CT molecular complexity index is 548. The largest absolute Gasteiger partial charge is 0.225 e. The average molecular weight is 298 g/mol. The molecule has 0 bridgehead atoms. The lowest BCUT2D eigenvalue weighted by atomic mass is 9.97. The molecule has 0 spiro atoms. The summed E-state index contributed by atoms with van der Waals surface area (Å²) < 4.78 is 0. The highest BCUT2D eigenvalue weighted by Crippen LogP contribution is 2.30. The lowest BCUT2D eigenvalue weighted by Gasteiger charge is -2.31. The summed E-state index contributed by atoms with van der Waals surface area (Å²) in [7, 11) is 0. The summed E-state index contributed by atoms with van der Waals surface area (Å²) in [5.41, 5.74) is 0.854. The summed E-state index contributed by atoms with van der Waals surface area (Å²) >= 11 is 0. The van der Waals surface area contributed by atoms with Crippen molar-refractivity contribution in [3.8, 4) is 0 Å². The third-order valence-electron chi connectivity index (χ3n) is 3.33. The summed E-state index contributed by atoms with van der Waals surface area (Å²) in [6.45, 7) is 15.3. The smallest absolute Gasteiger partial charge is 0.123 e. The maximum atomic E-state index is 5.76. The molecule has 0 saturated carbocycles. The van der Waals surface area contributed by atoms with Crippen molar-refractivity contribution in [2.45, 2.75) is 38.9 Å². The molecule has 2 nitrogen and oxygen atoms in total. The van der Waals surface area contributed by atoms with E-state index in [4.69, 9.17) is 9.78 Å². The fourth-order valence-corrected chi connectivity index (χ4v) is 1.90. The first-order valence-electron chi connectivity index (χ1n) is 7.38. The van der Waals surface area contributed by atoms with E-state index < -0.39 is 11.2 Å². The molecule has 118 valence electrons. The molecule has 1 aromatic carbocycles. The highest BCUT2D eigenvalue weighted by atomic mass is 17.2. The zero-order valence-electron chi connectivity index (χ0n) is 14.0. The molecule has 0 aromatic heterocycles. The van der Waals surface area contributed by atoms with Gasteiger partial charge in [-0.15, -0.1) is 0 Å². The van der Waals surface area contributed by atoms with Crippen molar-refractivity contribution in [1.29, 1.82) is 0 Å². The lowest BCUT2D eigenvalue weighted by Crippen LogP contribution is -2.32. The number of hydrogen-bond acceptors (Lipinski definition) is 2. The first kappa shape index (κ1) is 18.1. The first-order valence-corrected chi connectivity index (χ1v) is 7.38. The van der Waals surface area contributed by atoms with Gasteiger partial charge in [-0.25, -0.2) is 9.78 Å². The van der Waals surface area contributed by atoms with E-state index in [-0.39, 0.29) is 0 Å². The van der Waals surface area contributed by atoms with Crippen molar-refractivity contribution in [1.82, 2.24) is 0 Å². The predicted octanol–water partition coefficient (Wildman–Crippen LogP) is 5.50. The molecule has 0 fully saturated rings. The van der Waals surface area contributed by atoms with Gasteiger partial charge in [-0.2, -0.15) is 0 Å². The van der Waals surface area contributed by atoms with Gasteiger partial charge in [0.25, 0.3) is 0 Å². The van der Waals surface area contributed by atoms with Crippen LogP contribution in [-0.4, -0.2) is 5.60 Å². The van der Waals surface area contributed by atoms with Crippen molar-refractivity contribution in [3.63, 3.8) is 0 Å². The van der Waals surface area contributed by atoms with Crippen molar-refractivity contribution < 1.29 is 9.78 Å². The quantitative estimate of drug-likeness (QED) is 0.358. The van der Waals surface area contributed by atoms with Gasteiger partial charge in [0.1, 0.15) is 11.2 Å². The monoisotopic (exact) mass is 298 g/mol. The van der Waals surface area contributed by atoms with Gasteiger partial charge >= 0.3 is 0 Å². The topological polar surface area (TPSA) is 18.5 Å². The van der Waals surface area contributed by atoms with Crippen LogP contribution < -0.4 is 0 Å². The third kappa shape index (κ3) is 5.14. The van der Waals surface area contributed by atoms with Gasteiger partial charge in [0.15, 0.2) is 0 Å². The van der Waals surface area contributed by atoms with Crippen LogP contribution in [0.25, 0.3) is 0 Å². The second kappa shape index (κ2) is 7.92. The Morgan fingerprint density at radius 2 is 1.59 bits per heavy atom. The second-order valence-corrected chi connectivity index (χ2v) is 6.01. The van der Waals surface area contributed by atoms with E-state index in [1.165, 1.54) is 0 Å². The average Bonchev–Trinajstić information content (AvgIpc) is 2.50. The maximum Gasteiger partial charge on any atom is 0.123 e. The Balaban J connectivity index is 2.87. The van der Waals surface area contributed by atoms with Crippen LogP contribution in [0.15, 0.2) is 79.4 Å².